The first kappa shape index (κ1) is 9.63. The third-order valence-electron chi connectivity index (χ3n) is 1.96. The number of thiophene rings is 1. The molecule has 1 nitrogen and oxygen atoms in total. The molecule has 0 radical (unpaired) electrons. The Morgan fingerprint density at radius 1 is 1.50 bits per heavy atom. The van der Waals surface area contributed by atoms with Gasteiger partial charge in [-0.15, -0.1) is 11.3 Å². The first-order chi connectivity index (χ1) is 6.77. The van der Waals surface area contributed by atoms with Gasteiger partial charge in [-0.05, 0) is 6.07 Å². The largest absolute Gasteiger partial charge is 0.205 e. The number of rotatable bonds is 1. The summed E-state index contributed by atoms with van der Waals surface area (Å²) in [7, 11) is 0. The van der Waals surface area contributed by atoms with Crippen molar-refractivity contribution < 1.29 is 4.39 Å². The molecule has 1 heterocycles. The number of nitrogens with zero attached hydrogens (tertiary/aromatic N) is 1. The van der Waals surface area contributed by atoms with E-state index in [0.717, 1.165) is 4.70 Å². The zero-order chi connectivity index (χ0) is 10.1. The Morgan fingerprint density at radius 3 is 2.93 bits per heavy atom. The summed E-state index contributed by atoms with van der Waals surface area (Å²) in [5.74, 6) is -0.209. The van der Waals surface area contributed by atoms with Crippen LogP contribution in [0.4, 0.5) is 4.39 Å². The molecule has 70 valence electrons. The van der Waals surface area contributed by atoms with Crippen LogP contribution in [0.15, 0.2) is 18.2 Å². The maximum atomic E-state index is 13.6. The second-order valence-electron chi connectivity index (χ2n) is 2.77. The number of benzene rings is 1. The van der Waals surface area contributed by atoms with Gasteiger partial charge in [0.15, 0.2) is 0 Å². The fraction of sp³-hybridized carbons (Fsp3) is 0.100. The van der Waals surface area contributed by atoms with Crippen LogP contribution >= 0.6 is 27.3 Å². The fourth-order valence-corrected chi connectivity index (χ4v) is 2.89. The molecule has 0 amide bonds. The van der Waals surface area contributed by atoms with Crippen molar-refractivity contribution in [3.8, 4) is 6.07 Å². The topological polar surface area (TPSA) is 23.8 Å². The Morgan fingerprint density at radius 2 is 2.29 bits per heavy atom. The first-order valence-corrected chi connectivity index (χ1v) is 5.87. The number of alkyl halides is 1. The SMILES string of the molecule is N#Cc1cccc2c(F)c(CBr)sc12. The van der Waals surface area contributed by atoms with Gasteiger partial charge in [0, 0.05) is 10.7 Å². The molecular formula is C10H5BrFNS. The van der Waals surface area contributed by atoms with Crippen molar-refractivity contribution in [2.45, 2.75) is 5.33 Å². The molecule has 0 aliphatic carbocycles. The van der Waals surface area contributed by atoms with Crippen molar-refractivity contribution in [3.05, 3.63) is 34.5 Å². The van der Waals surface area contributed by atoms with E-state index in [-0.39, 0.29) is 5.82 Å². The van der Waals surface area contributed by atoms with Gasteiger partial charge < -0.3 is 0 Å². The standard InChI is InChI=1S/C10H5BrFNS/c11-4-8-9(12)7-3-1-2-6(5-13)10(7)14-8/h1-3H,4H2. The van der Waals surface area contributed by atoms with Crippen LogP contribution in [-0.2, 0) is 5.33 Å². The molecule has 4 heteroatoms. The summed E-state index contributed by atoms with van der Waals surface area (Å²) in [4.78, 5) is 0.641. The van der Waals surface area contributed by atoms with E-state index in [0.29, 0.717) is 21.2 Å². The van der Waals surface area contributed by atoms with Gasteiger partial charge in [0.25, 0.3) is 0 Å². The van der Waals surface area contributed by atoms with Gasteiger partial charge >= 0.3 is 0 Å². The van der Waals surface area contributed by atoms with E-state index in [2.05, 4.69) is 22.0 Å². The molecule has 1 aromatic heterocycles. The molecule has 0 atom stereocenters. The minimum atomic E-state index is -0.209. The highest BCUT2D eigenvalue weighted by Crippen LogP contribution is 2.33. The average Bonchev–Trinajstić information content (AvgIpc) is 2.55. The molecule has 0 unspecified atom stereocenters. The summed E-state index contributed by atoms with van der Waals surface area (Å²) in [6.07, 6.45) is 0. The molecule has 0 bridgehead atoms. The van der Waals surface area contributed by atoms with Gasteiger partial charge in [-0.25, -0.2) is 4.39 Å². The molecule has 0 N–H and O–H groups in total. The summed E-state index contributed by atoms with van der Waals surface area (Å²) >= 11 is 4.55. The van der Waals surface area contributed by atoms with E-state index in [1.807, 2.05) is 0 Å². The maximum absolute atomic E-state index is 13.6. The van der Waals surface area contributed by atoms with E-state index in [9.17, 15) is 4.39 Å². The summed E-state index contributed by atoms with van der Waals surface area (Å²) in [6, 6.07) is 7.17. The lowest BCUT2D eigenvalue weighted by Gasteiger charge is -1.90. The Labute approximate surface area is 92.9 Å². The van der Waals surface area contributed by atoms with Gasteiger partial charge in [-0.2, -0.15) is 5.26 Å². The maximum Gasteiger partial charge on any atom is 0.145 e. The summed E-state index contributed by atoms with van der Waals surface area (Å²) in [5.41, 5.74) is 0.540. The lowest BCUT2D eigenvalue weighted by molar-refractivity contribution is 0.636. The van der Waals surface area contributed by atoms with Crippen LogP contribution < -0.4 is 0 Å². The van der Waals surface area contributed by atoms with E-state index in [4.69, 9.17) is 5.26 Å². The third kappa shape index (κ3) is 1.33. The second kappa shape index (κ2) is 3.68. The lowest BCUT2D eigenvalue weighted by atomic mass is 10.2. The van der Waals surface area contributed by atoms with Gasteiger partial charge in [-0.1, -0.05) is 28.1 Å². The number of hydrogen-bond donors (Lipinski definition) is 0. The first-order valence-electron chi connectivity index (χ1n) is 3.94. The molecule has 2 rings (SSSR count). The van der Waals surface area contributed by atoms with E-state index < -0.39 is 0 Å². The molecule has 0 saturated heterocycles. The Bertz CT molecular complexity index is 527. The minimum Gasteiger partial charge on any atom is -0.205 e. The normalized spacial score (nSPS) is 10.4. The molecule has 14 heavy (non-hydrogen) atoms. The molecular weight excluding hydrogens is 265 g/mol. The van der Waals surface area contributed by atoms with Crippen LogP contribution in [0.3, 0.4) is 0 Å². The monoisotopic (exact) mass is 269 g/mol. The highest BCUT2D eigenvalue weighted by Gasteiger charge is 2.12. The third-order valence-corrected chi connectivity index (χ3v) is 4.11. The van der Waals surface area contributed by atoms with Crippen molar-refractivity contribution in [3.63, 3.8) is 0 Å². The summed E-state index contributed by atoms with van der Waals surface area (Å²) < 4.78 is 14.4. The van der Waals surface area contributed by atoms with E-state index >= 15 is 0 Å². The Kier molecular flexibility index (Phi) is 2.53. The van der Waals surface area contributed by atoms with Crippen molar-refractivity contribution in [1.82, 2.24) is 0 Å². The predicted molar refractivity (Wildman–Crippen MR) is 59.1 cm³/mol. The minimum absolute atomic E-state index is 0.209. The highest BCUT2D eigenvalue weighted by molar-refractivity contribution is 9.08. The molecule has 0 aliphatic heterocycles. The summed E-state index contributed by atoms with van der Waals surface area (Å²) in [5, 5.41) is 9.87. The van der Waals surface area contributed by atoms with Crippen LogP contribution in [0.5, 0.6) is 0 Å². The zero-order valence-corrected chi connectivity index (χ0v) is 9.45. The second-order valence-corrected chi connectivity index (χ2v) is 4.43. The van der Waals surface area contributed by atoms with Gasteiger partial charge in [0.1, 0.15) is 11.9 Å². The van der Waals surface area contributed by atoms with Gasteiger partial charge in [-0.3, -0.25) is 0 Å². The highest BCUT2D eigenvalue weighted by atomic mass is 79.9. The predicted octanol–water partition coefficient (Wildman–Crippen LogP) is 3.81. The smallest absolute Gasteiger partial charge is 0.145 e. The van der Waals surface area contributed by atoms with Crippen LogP contribution in [0.2, 0.25) is 0 Å². The average molecular weight is 270 g/mol. The Hall–Kier alpha value is -0.920. The molecule has 0 aliphatic rings. The molecule has 0 saturated carbocycles. The van der Waals surface area contributed by atoms with E-state index in [1.165, 1.54) is 11.3 Å². The van der Waals surface area contributed by atoms with Crippen LogP contribution in [0.25, 0.3) is 10.1 Å². The number of fused-ring (bicyclic) bond motifs is 1. The van der Waals surface area contributed by atoms with Crippen molar-refractivity contribution in [2.75, 3.05) is 0 Å². The summed E-state index contributed by atoms with van der Waals surface area (Å²) in [6.45, 7) is 0. The number of hydrogen-bond acceptors (Lipinski definition) is 2. The van der Waals surface area contributed by atoms with Crippen LogP contribution in [0.1, 0.15) is 10.4 Å². The molecule has 0 fully saturated rings. The molecule has 2 aromatic rings. The van der Waals surface area contributed by atoms with Crippen molar-refractivity contribution in [2.24, 2.45) is 0 Å². The van der Waals surface area contributed by atoms with Gasteiger partial charge in [0.2, 0.25) is 0 Å². The number of halogens is 2. The molecule has 1 aromatic carbocycles. The fourth-order valence-electron chi connectivity index (χ4n) is 1.31. The zero-order valence-electron chi connectivity index (χ0n) is 7.05. The lowest BCUT2D eigenvalue weighted by Crippen LogP contribution is -1.76. The number of nitriles is 1. The molecule has 0 spiro atoms. The van der Waals surface area contributed by atoms with Crippen LogP contribution in [0, 0.1) is 17.1 Å². The van der Waals surface area contributed by atoms with Crippen molar-refractivity contribution in [1.29, 1.82) is 5.26 Å². The quantitative estimate of drug-likeness (QED) is 0.723. The van der Waals surface area contributed by atoms with Crippen LogP contribution in [-0.4, -0.2) is 0 Å². The van der Waals surface area contributed by atoms with E-state index in [1.54, 1.807) is 18.2 Å². The van der Waals surface area contributed by atoms with Crippen molar-refractivity contribution >= 4 is 37.4 Å². The Balaban J connectivity index is 2.85. The van der Waals surface area contributed by atoms with Gasteiger partial charge in [0.05, 0.1) is 15.1 Å².